The van der Waals surface area contributed by atoms with E-state index in [1.165, 1.54) is 0 Å². The summed E-state index contributed by atoms with van der Waals surface area (Å²) < 4.78 is 12.4. The van der Waals surface area contributed by atoms with Crippen LogP contribution in [0.25, 0.3) is 0 Å². The summed E-state index contributed by atoms with van der Waals surface area (Å²) in [6.07, 6.45) is 0.656. The van der Waals surface area contributed by atoms with Crippen molar-refractivity contribution in [3.05, 3.63) is 0 Å². The second kappa shape index (κ2) is 3.78. The smallest absolute Gasteiger partial charge is 0.0870 e. The highest BCUT2D eigenvalue weighted by Gasteiger charge is 2.29. The molecule has 0 spiro atoms. The fraction of sp³-hybridized carbons (Fsp3) is 1.00. The van der Waals surface area contributed by atoms with Gasteiger partial charge in [0.1, 0.15) is 0 Å². The normalized spacial score (nSPS) is 17.9. The van der Waals surface area contributed by atoms with Gasteiger partial charge in [0.25, 0.3) is 0 Å². The Hall–Kier alpha value is -0.0451. The Balaban J connectivity index is 4.23. The molecular weight excluding hydrogens is 152 g/mol. The zero-order valence-electron chi connectivity index (χ0n) is 8.82. The predicted octanol–water partition coefficient (Wildman–Crippen LogP) is 2.03. The van der Waals surface area contributed by atoms with Crippen LogP contribution >= 0.6 is 0 Å². The first-order chi connectivity index (χ1) is 5.21. The van der Waals surface area contributed by atoms with Gasteiger partial charge in [-0.25, -0.2) is 0 Å². The van der Waals surface area contributed by atoms with E-state index >= 15 is 0 Å². The van der Waals surface area contributed by atoms with Crippen molar-refractivity contribution in [2.24, 2.45) is 0 Å². The number of hydrogen-bond acceptors (Lipinski definition) is 1. The Morgan fingerprint density at radius 3 is 1.92 bits per heavy atom. The van der Waals surface area contributed by atoms with Crippen LogP contribution in [0.2, 0.25) is 5.31 Å². The third kappa shape index (κ3) is 3.57. The number of alkyl halides is 1. The van der Waals surface area contributed by atoms with E-state index in [-0.39, 0.29) is 5.54 Å². The molecule has 0 amide bonds. The summed E-state index contributed by atoms with van der Waals surface area (Å²) >= 11 is 0. The molecular formula is C9H19BFN. The van der Waals surface area contributed by atoms with Crippen molar-refractivity contribution in [3.8, 4) is 0 Å². The van der Waals surface area contributed by atoms with Crippen LogP contribution in [0.5, 0.6) is 0 Å². The molecule has 0 rings (SSSR count). The molecule has 0 saturated carbocycles. The lowest BCUT2D eigenvalue weighted by molar-refractivity contribution is 0.155. The van der Waals surface area contributed by atoms with E-state index in [0.717, 1.165) is 0 Å². The lowest BCUT2D eigenvalue weighted by atomic mass is 9.65. The lowest BCUT2D eigenvalue weighted by Crippen LogP contribution is -2.41. The van der Waals surface area contributed by atoms with Gasteiger partial charge in [-0.2, -0.15) is 0 Å². The van der Waals surface area contributed by atoms with Gasteiger partial charge >= 0.3 is 0 Å². The van der Waals surface area contributed by atoms with Gasteiger partial charge in [0, 0.05) is 5.54 Å². The molecule has 0 saturated heterocycles. The van der Waals surface area contributed by atoms with Crippen molar-refractivity contribution >= 4 is 7.85 Å². The lowest BCUT2D eigenvalue weighted by Gasteiger charge is -2.38. The van der Waals surface area contributed by atoms with Crippen LogP contribution in [0.4, 0.5) is 4.39 Å². The Bertz CT molecular complexity index is 143. The van der Waals surface area contributed by atoms with Gasteiger partial charge < -0.3 is 4.90 Å². The number of hydrogen-bond donors (Lipinski definition) is 0. The zero-order chi connectivity index (χ0) is 9.99. The first kappa shape index (κ1) is 12.0. The molecule has 0 aliphatic heterocycles. The standard InChI is InChI=1S/C9H19BFN/c1-8(2,12(4)5)6-9(3,10)7-11/h6-7H2,1-5H3. The molecule has 0 aromatic heterocycles. The summed E-state index contributed by atoms with van der Waals surface area (Å²) in [5.41, 5.74) is -0.0460. The van der Waals surface area contributed by atoms with Crippen LogP contribution in [0.3, 0.4) is 0 Å². The summed E-state index contributed by atoms with van der Waals surface area (Å²) in [6, 6.07) is 0. The third-order valence-corrected chi connectivity index (χ3v) is 2.35. The van der Waals surface area contributed by atoms with Gasteiger partial charge in [0.05, 0.1) is 14.5 Å². The minimum Gasteiger partial charge on any atom is -0.304 e. The minimum atomic E-state index is -0.701. The van der Waals surface area contributed by atoms with Crippen molar-refractivity contribution in [1.29, 1.82) is 0 Å². The van der Waals surface area contributed by atoms with Crippen LogP contribution in [0, 0.1) is 0 Å². The van der Waals surface area contributed by atoms with Crippen LogP contribution in [0.1, 0.15) is 27.2 Å². The molecule has 70 valence electrons. The fourth-order valence-electron chi connectivity index (χ4n) is 1.19. The maximum Gasteiger partial charge on any atom is 0.0870 e. The topological polar surface area (TPSA) is 3.24 Å². The molecule has 0 aromatic carbocycles. The second-order valence-electron chi connectivity index (χ2n) is 4.67. The monoisotopic (exact) mass is 171 g/mol. The maximum absolute atomic E-state index is 12.4. The van der Waals surface area contributed by atoms with Gasteiger partial charge in [-0.05, 0) is 39.7 Å². The molecule has 3 heteroatoms. The average molecular weight is 171 g/mol. The highest BCUT2D eigenvalue weighted by Crippen LogP contribution is 2.34. The molecule has 0 N–H and O–H groups in total. The van der Waals surface area contributed by atoms with E-state index in [2.05, 4.69) is 18.7 Å². The quantitative estimate of drug-likeness (QED) is 0.585. The molecule has 0 bridgehead atoms. The molecule has 1 atom stereocenters. The van der Waals surface area contributed by atoms with Crippen molar-refractivity contribution in [2.45, 2.75) is 38.0 Å². The summed E-state index contributed by atoms with van der Waals surface area (Å²) in [7, 11) is 9.70. The molecule has 0 aliphatic carbocycles. The van der Waals surface area contributed by atoms with E-state index in [9.17, 15) is 4.39 Å². The molecule has 12 heavy (non-hydrogen) atoms. The van der Waals surface area contributed by atoms with Gasteiger partial charge in [0.15, 0.2) is 0 Å². The van der Waals surface area contributed by atoms with E-state index in [1.807, 2.05) is 14.1 Å². The molecule has 1 nitrogen and oxygen atoms in total. The number of rotatable bonds is 4. The Morgan fingerprint density at radius 1 is 1.25 bits per heavy atom. The van der Waals surface area contributed by atoms with Gasteiger partial charge in [-0.15, -0.1) is 0 Å². The number of halogens is 1. The summed E-state index contributed by atoms with van der Waals surface area (Å²) in [5.74, 6) is 0. The van der Waals surface area contributed by atoms with Gasteiger partial charge in [-0.1, -0.05) is 6.92 Å². The van der Waals surface area contributed by atoms with Crippen molar-refractivity contribution < 1.29 is 4.39 Å². The summed E-state index contributed by atoms with van der Waals surface area (Å²) in [6.45, 7) is 5.41. The highest BCUT2D eigenvalue weighted by molar-refractivity contribution is 6.15. The van der Waals surface area contributed by atoms with Crippen LogP contribution in [0.15, 0.2) is 0 Å². The maximum atomic E-state index is 12.4. The molecule has 2 radical (unpaired) electrons. The average Bonchev–Trinajstić information content (AvgIpc) is 1.85. The zero-order valence-corrected chi connectivity index (χ0v) is 8.82. The summed E-state index contributed by atoms with van der Waals surface area (Å²) in [4.78, 5) is 2.06. The number of nitrogens with zero attached hydrogens (tertiary/aromatic N) is 1. The fourth-order valence-corrected chi connectivity index (χ4v) is 1.19. The Morgan fingerprint density at radius 2 is 1.67 bits per heavy atom. The molecule has 0 aliphatic rings. The molecule has 1 unspecified atom stereocenters. The predicted molar refractivity (Wildman–Crippen MR) is 52.5 cm³/mol. The summed E-state index contributed by atoms with van der Waals surface area (Å²) in [5, 5.41) is -0.701. The first-order valence-electron chi connectivity index (χ1n) is 4.23. The van der Waals surface area contributed by atoms with Crippen molar-refractivity contribution in [2.75, 3.05) is 20.8 Å². The van der Waals surface area contributed by atoms with E-state index in [4.69, 9.17) is 7.85 Å². The van der Waals surface area contributed by atoms with E-state index in [0.29, 0.717) is 6.42 Å². The highest BCUT2D eigenvalue weighted by atomic mass is 19.1. The van der Waals surface area contributed by atoms with Crippen LogP contribution in [-0.2, 0) is 0 Å². The van der Waals surface area contributed by atoms with E-state index in [1.54, 1.807) is 6.92 Å². The van der Waals surface area contributed by atoms with Crippen LogP contribution < -0.4 is 0 Å². The van der Waals surface area contributed by atoms with Crippen molar-refractivity contribution in [3.63, 3.8) is 0 Å². The Labute approximate surface area is 76.7 Å². The van der Waals surface area contributed by atoms with E-state index < -0.39 is 12.0 Å². The minimum absolute atomic E-state index is 0.0460. The first-order valence-corrected chi connectivity index (χ1v) is 4.23. The SMILES string of the molecule is [B]C(C)(CF)CC(C)(C)N(C)C. The Kier molecular flexibility index (Phi) is 3.76. The van der Waals surface area contributed by atoms with Crippen molar-refractivity contribution in [1.82, 2.24) is 4.90 Å². The van der Waals surface area contributed by atoms with Gasteiger partial charge in [0.2, 0.25) is 0 Å². The molecule has 0 fully saturated rings. The molecule has 0 aromatic rings. The third-order valence-electron chi connectivity index (χ3n) is 2.35. The largest absolute Gasteiger partial charge is 0.304 e. The second-order valence-corrected chi connectivity index (χ2v) is 4.67. The molecule has 0 heterocycles. The van der Waals surface area contributed by atoms with Gasteiger partial charge in [-0.3, -0.25) is 4.39 Å². The van der Waals surface area contributed by atoms with Crippen LogP contribution in [-0.4, -0.2) is 39.1 Å².